The maximum absolute atomic E-state index is 2.33. The summed E-state index contributed by atoms with van der Waals surface area (Å²) in [4.78, 5) is 0. The van der Waals surface area contributed by atoms with Crippen molar-refractivity contribution in [3.8, 4) is 0 Å². The van der Waals surface area contributed by atoms with Crippen molar-refractivity contribution < 1.29 is 73.8 Å². The molecular formula is C16H37ClKNO. The van der Waals surface area contributed by atoms with Crippen LogP contribution < -0.4 is 63.8 Å². The minimum atomic E-state index is 0. The summed E-state index contributed by atoms with van der Waals surface area (Å²) < 4.78 is 1.42. The fraction of sp³-hybridized carbons (Fsp3) is 1.00. The fourth-order valence-corrected chi connectivity index (χ4v) is 2.64. The summed E-state index contributed by atoms with van der Waals surface area (Å²) >= 11 is 0. The van der Waals surface area contributed by atoms with Gasteiger partial charge in [-0.1, -0.05) is 53.4 Å². The van der Waals surface area contributed by atoms with E-state index in [0.29, 0.717) is 0 Å². The van der Waals surface area contributed by atoms with E-state index >= 15 is 0 Å². The first-order valence-corrected chi connectivity index (χ1v) is 8.09. The quantitative estimate of drug-likeness (QED) is 0.327. The van der Waals surface area contributed by atoms with Crippen LogP contribution in [0.4, 0.5) is 0 Å². The van der Waals surface area contributed by atoms with Gasteiger partial charge in [-0.05, 0) is 25.7 Å². The topological polar surface area (TPSA) is 30.0 Å². The zero-order valence-electron chi connectivity index (χ0n) is 14.8. The van der Waals surface area contributed by atoms with Gasteiger partial charge in [0.15, 0.2) is 0 Å². The van der Waals surface area contributed by atoms with Gasteiger partial charge in [-0.3, -0.25) is 0 Å². The van der Waals surface area contributed by atoms with Gasteiger partial charge in [0.1, 0.15) is 0 Å². The minimum Gasteiger partial charge on any atom is -1.00 e. The van der Waals surface area contributed by atoms with Crippen molar-refractivity contribution in [2.75, 3.05) is 26.2 Å². The molecule has 0 spiro atoms. The van der Waals surface area contributed by atoms with Gasteiger partial charge >= 0.3 is 51.4 Å². The third-order valence-corrected chi connectivity index (χ3v) is 3.94. The Kier molecular flexibility index (Phi) is 31.1. The second-order valence-electron chi connectivity index (χ2n) is 5.65. The molecule has 0 rings (SSSR count). The maximum Gasteiger partial charge on any atom is 1.00 e. The molecule has 0 fully saturated rings. The first-order chi connectivity index (χ1) is 8.24. The molecule has 0 unspecified atom stereocenters. The van der Waals surface area contributed by atoms with Gasteiger partial charge < -0.3 is 22.4 Å². The Hall–Kier alpha value is 1.85. The third-order valence-electron chi connectivity index (χ3n) is 3.94. The fourth-order valence-electron chi connectivity index (χ4n) is 2.64. The van der Waals surface area contributed by atoms with E-state index in [-0.39, 0.29) is 69.3 Å². The predicted octanol–water partition coefficient (Wildman–Crippen LogP) is -1.17. The average Bonchev–Trinajstić information content (AvgIpc) is 2.37. The van der Waals surface area contributed by atoms with Crippen molar-refractivity contribution in [1.29, 1.82) is 0 Å². The van der Waals surface area contributed by atoms with E-state index in [4.69, 9.17) is 0 Å². The Morgan fingerprint density at radius 2 is 0.750 bits per heavy atom. The van der Waals surface area contributed by atoms with Crippen LogP contribution in [-0.4, -0.2) is 36.1 Å². The van der Waals surface area contributed by atoms with Crippen LogP contribution in [0.3, 0.4) is 0 Å². The molecule has 120 valence electrons. The van der Waals surface area contributed by atoms with Gasteiger partial charge in [0.05, 0.1) is 26.2 Å². The van der Waals surface area contributed by atoms with Crippen LogP contribution >= 0.6 is 0 Å². The Morgan fingerprint density at radius 1 is 0.550 bits per heavy atom. The number of hydrogen-bond acceptors (Lipinski definition) is 1. The maximum atomic E-state index is 2.33. The Morgan fingerprint density at radius 3 is 0.900 bits per heavy atom. The first kappa shape index (κ1) is 29.8. The van der Waals surface area contributed by atoms with Crippen LogP contribution in [0.25, 0.3) is 0 Å². The molecule has 20 heavy (non-hydrogen) atoms. The minimum absolute atomic E-state index is 0. The molecule has 0 bridgehead atoms. The van der Waals surface area contributed by atoms with Crippen molar-refractivity contribution in [3.05, 3.63) is 0 Å². The van der Waals surface area contributed by atoms with Crippen LogP contribution in [0.2, 0.25) is 0 Å². The van der Waals surface area contributed by atoms with E-state index < -0.39 is 0 Å². The summed E-state index contributed by atoms with van der Waals surface area (Å²) in [6.45, 7) is 15.0. The largest absolute Gasteiger partial charge is 1.00 e. The third kappa shape index (κ3) is 14.8. The monoisotopic (exact) mass is 333 g/mol. The van der Waals surface area contributed by atoms with Crippen molar-refractivity contribution in [2.24, 2.45) is 0 Å². The van der Waals surface area contributed by atoms with Crippen LogP contribution in [0, 0.1) is 0 Å². The summed E-state index contributed by atoms with van der Waals surface area (Å²) in [5, 5.41) is 0. The SMILES string of the molecule is CCCC[N+](CCCC)(CCCC)CCCC.[Cl-].[K+].[OH-]. The predicted molar refractivity (Wildman–Crippen MR) is 81.3 cm³/mol. The molecule has 2 nitrogen and oxygen atoms in total. The van der Waals surface area contributed by atoms with Crippen molar-refractivity contribution in [3.63, 3.8) is 0 Å². The first-order valence-electron chi connectivity index (χ1n) is 8.09. The molecule has 0 aromatic heterocycles. The number of rotatable bonds is 12. The molecule has 0 heterocycles. The van der Waals surface area contributed by atoms with Crippen LogP contribution in [0.1, 0.15) is 79.1 Å². The molecule has 0 aromatic rings. The standard InChI is InChI=1S/C16H36N.ClH.K.H2O/c1-5-9-13-17(14-10-6-2,15-11-7-3)16-12-8-4;;;/h5-16H2,1-4H3;1H;;1H2/q+1;;+1;/p-2. The Balaban J connectivity index is -0.000000427. The molecule has 0 saturated heterocycles. The van der Waals surface area contributed by atoms with Gasteiger partial charge in [-0.2, -0.15) is 0 Å². The summed E-state index contributed by atoms with van der Waals surface area (Å²) in [6.07, 6.45) is 11.1. The summed E-state index contributed by atoms with van der Waals surface area (Å²) in [5.74, 6) is 0. The molecule has 0 radical (unpaired) electrons. The molecule has 0 aliphatic carbocycles. The number of halogens is 1. The second-order valence-corrected chi connectivity index (χ2v) is 5.65. The zero-order valence-corrected chi connectivity index (χ0v) is 18.6. The van der Waals surface area contributed by atoms with Crippen LogP contribution in [0.15, 0.2) is 0 Å². The van der Waals surface area contributed by atoms with Gasteiger partial charge in [0, 0.05) is 0 Å². The molecule has 0 atom stereocenters. The van der Waals surface area contributed by atoms with E-state index in [2.05, 4.69) is 27.7 Å². The Labute approximate surface area is 177 Å². The Bertz CT molecular complexity index is 133. The van der Waals surface area contributed by atoms with Crippen LogP contribution in [-0.2, 0) is 0 Å². The van der Waals surface area contributed by atoms with Gasteiger partial charge in [0.25, 0.3) is 0 Å². The smallest absolute Gasteiger partial charge is 1.00 e. The van der Waals surface area contributed by atoms with Crippen LogP contribution in [0.5, 0.6) is 0 Å². The van der Waals surface area contributed by atoms with Gasteiger partial charge in [-0.15, -0.1) is 0 Å². The van der Waals surface area contributed by atoms with Crippen molar-refractivity contribution in [1.82, 2.24) is 0 Å². The molecule has 4 heteroatoms. The summed E-state index contributed by atoms with van der Waals surface area (Å²) in [6, 6.07) is 0. The molecule has 0 amide bonds. The molecule has 0 aromatic carbocycles. The van der Waals surface area contributed by atoms with E-state index in [1.54, 1.807) is 0 Å². The average molecular weight is 334 g/mol. The van der Waals surface area contributed by atoms with E-state index in [1.807, 2.05) is 0 Å². The second kappa shape index (κ2) is 20.8. The normalized spacial score (nSPS) is 10.2. The molecule has 0 aliphatic heterocycles. The van der Waals surface area contributed by atoms with E-state index in [1.165, 1.54) is 82.0 Å². The van der Waals surface area contributed by atoms with Crippen molar-refractivity contribution >= 4 is 0 Å². The van der Waals surface area contributed by atoms with E-state index in [0.717, 1.165) is 0 Å². The molecule has 0 aliphatic rings. The summed E-state index contributed by atoms with van der Waals surface area (Å²) in [5.41, 5.74) is 0. The van der Waals surface area contributed by atoms with Crippen molar-refractivity contribution in [2.45, 2.75) is 79.1 Å². The molecular weight excluding hydrogens is 297 g/mol. The number of hydrogen-bond donors (Lipinski definition) is 0. The van der Waals surface area contributed by atoms with E-state index in [9.17, 15) is 0 Å². The number of unbranched alkanes of at least 4 members (excludes halogenated alkanes) is 4. The molecule has 0 saturated carbocycles. The molecule has 1 N–H and O–H groups in total. The zero-order chi connectivity index (χ0) is 13.0. The summed E-state index contributed by atoms with van der Waals surface area (Å²) in [7, 11) is 0. The van der Waals surface area contributed by atoms with Gasteiger partial charge in [-0.25, -0.2) is 0 Å². The number of quaternary nitrogens is 1. The van der Waals surface area contributed by atoms with Gasteiger partial charge in [0.2, 0.25) is 0 Å². The number of nitrogens with zero attached hydrogens (tertiary/aromatic N) is 1.